The molecule has 80 valence electrons. The first-order valence-corrected chi connectivity index (χ1v) is 4.90. The van der Waals surface area contributed by atoms with Gasteiger partial charge in [-0.2, -0.15) is 0 Å². The number of carboxylic acids is 1. The third-order valence-electron chi connectivity index (χ3n) is 2.65. The zero-order valence-corrected chi connectivity index (χ0v) is 8.57. The molecule has 3 aromatic rings. The molecule has 2 N–H and O–H groups in total. The molecule has 0 aliphatic carbocycles. The Labute approximate surface area is 90.5 Å². The fourth-order valence-corrected chi connectivity index (χ4v) is 1.88. The lowest BCUT2D eigenvalue weighted by molar-refractivity contribution is 0.0691. The molecule has 0 amide bonds. The van der Waals surface area contributed by atoms with Crippen LogP contribution in [-0.4, -0.2) is 16.1 Å². The van der Waals surface area contributed by atoms with Crippen molar-refractivity contribution in [3.63, 3.8) is 0 Å². The normalized spacial score (nSPS) is 11.3. The monoisotopic (exact) mass is 215 g/mol. The van der Waals surface area contributed by atoms with Crippen molar-refractivity contribution < 1.29 is 14.3 Å². The Morgan fingerprint density at radius 2 is 2.12 bits per heavy atom. The Bertz CT molecular complexity index is 706. The van der Waals surface area contributed by atoms with E-state index in [9.17, 15) is 4.79 Å². The average Bonchev–Trinajstić information content (AvgIpc) is 2.73. The van der Waals surface area contributed by atoms with Gasteiger partial charge in [0.2, 0.25) is 5.71 Å². The molecular formula is C12H9NO3. The van der Waals surface area contributed by atoms with E-state index in [1.807, 2.05) is 25.1 Å². The van der Waals surface area contributed by atoms with Gasteiger partial charge in [0.15, 0.2) is 0 Å². The van der Waals surface area contributed by atoms with Crippen LogP contribution >= 0.6 is 0 Å². The van der Waals surface area contributed by atoms with Gasteiger partial charge in [-0.25, -0.2) is 4.79 Å². The van der Waals surface area contributed by atoms with Crippen molar-refractivity contribution in [2.45, 2.75) is 6.92 Å². The Balaban J connectivity index is 2.38. The molecule has 16 heavy (non-hydrogen) atoms. The predicted octanol–water partition coefficient (Wildman–Crippen LogP) is 2.92. The van der Waals surface area contributed by atoms with E-state index >= 15 is 0 Å². The lowest BCUT2D eigenvalue weighted by atomic mass is 10.1. The van der Waals surface area contributed by atoms with Crippen LogP contribution in [0.3, 0.4) is 0 Å². The quantitative estimate of drug-likeness (QED) is 0.655. The van der Waals surface area contributed by atoms with Gasteiger partial charge in [-0.1, -0.05) is 12.1 Å². The molecule has 2 heterocycles. The molecule has 0 aliphatic rings. The van der Waals surface area contributed by atoms with Gasteiger partial charge < -0.3 is 14.5 Å². The maximum atomic E-state index is 10.8. The summed E-state index contributed by atoms with van der Waals surface area (Å²) in [5, 5.41) is 10.6. The average molecular weight is 215 g/mol. The van der Waals surface area contributed by atoms with Crippen molar-refractivity contribution in [1.29, 1.82) is 0 Å². The van der Waals surface area contributed by atoms with Gasteiger partial charge in [0.25, 0.3) is 0 Å². The number of carbonyl (C=O) groups is 1. The number of nitrogens with one attached hydrogen (secondary N) is 1. The standard InChI is InChI=1S/C12H9NO3/c1-6-2-3-7-8-5-9(12(14)15)13-11(8)16-10(7)4-6/h2-5,13H,1H3,(H,14,15). The van der Waals surface area contributed by atoms with E-state index in [1.54, 1.807) is 6.07 Å². The number of aromatic amines is 1. The lowest BCUT2D eigenvalue weighted by Gasteiger charge is -1.91. The smallest absolute Gasteiger partial charge is 0.352 e. The van der Waals surface area contributed by atoms with Crippen LogP contribution in [0.15, 0.2) is 28.7 Å². The second-order valence-corrected chi connectivity index (χ2v) is 3.83. The van der Waals surface area contributed by atoms with Crippen molar-refractivity contribution in [3.05, 3.63) is 35.5 Å². The maximum absolute atomic E-state index is 10.8. The molecule has 1 aromatic carbocycles. The van der Waals surface area contributed by atoms with Crippen LogP contribution in [0.1, 0.15) is 16.1 Å². The largest absolute Gasteiger partial charge is 0.477 e. The topological polar surface area (TPSA) is 66.2 Å². The van der Waals surface area contributed by atoms with Crippen molar-refractivity contribution in [3.8, 4) is 0 Å². The minimum Gasteiger partial charge on any atom is -0.477 e. The van der Waals surface area contributed by atoms with E-state index in [0.717, 1.165) is 21.9 Å². The highest BCUT2D eigenvalue weighted by atomic mass is 16.4. The fourth-order valence-electron chi connectivity index (χ4n) is 1.88. The third kappa shape index (κ3) is 1.13. The second-order valence-electron chi connectivity index (χ2n) is 3.83. The summed E-state index contributed by atoms with van der Waals surface area (Å²) >= 11 is 0. The first-order valence-electron chi connectivity index (χ1n) is 4.90. The minimum absolute atomic E-state index is 0.149. The zero-order valence-electron chi connectivity index (χ0n) is 8.57. The summed E-state index contributed by atoms with van der Waals surface area (Å²) in [6.07, 6.45) is 0. The molecule has 0 atom stereocenters. The van der Waals surface area contributed by atoms with Crippen LogP contribution in [0.5, 0.6) is 0 Å². The van der Waals surface area contributed by atoms with Gasteiger partial charge in [0, 0.05) is 10.8 Å². The lowest BCUT2D eigenvalue weighted by Crippen LogP contribution is -1.94. The summed E-state index contributed by atoms with van der Waals surface area (Å²) in [6.45, 7) is 1.99. The van der Waals surface area contributed by atoms with Gasteiger partial charge in [-0.05, 0) is 24.6 Å². The number of rotatable bonds is 1. The number of aromatic carboxylic acids is 1. The summed E-state index contributed by atoms with van der Waals surface area (Å²) in [4.78, 5) is 13.5. The molecule has 4 heteroatoms. The van der Waals surface area contributed by atoms with Crippen LogP contribution in [-0.2, 0) is 0 Å². The minimum atomic E-state index is -0.980. The number of aryl methyl sites for hydroxylation is 1. The maximum Gasteiger partial charge on any atom is 0.352 e. The van der Waals surface area contributed by atoms with E-state index in [4.69, 9.17) is 9.52 Å². The second kappa shape index (κ2) is 2.88. The van der Waals surface area contributed by atoms with Crippen LogP contribution in [0.25, 0.3) is 22.1 Å². The number of fused-ring (bicyclic) bond motifs is 3. The van der Waals surface area contributed by atoms with E-state index in [-0.39, 0.29) is 5.69 Å². The van der Waals surface area contributed by atoms with Gasteiger partial charge in [0.05, 0.1) is 0 Å². The molecule has 0 saturated carbocycles. The van der Waals surface area contributed by atoms with Crippen LogP contribution in [0.2, 0.25) is 0 Å². The summed E-state index contributed by atoms with van der Waals surface area (Å²) in [5.74, 6) is -0.980. The van der Waals surface area contributed by atoms with Crippen molar-refractivity contribution in [2.75, 3.05) is 0 Å². The molecule has 0 fully saturated rings. The van der Waals surface area contributed by atoms with Crippen molar-refractivity contribution in [1.82, 2.24) is 4.98 Å². The molecule has 4 nitrogen and oxygen atoms in total. The fraction of sp³-hybridized carbons (Fsp3) is 0.0833. The van der Waals surface area contributed by atoms with Gasteiger partial charge in [0.1, 0.15) is 11.3 Å². The molecule has 0 unspecified atom stereocenters. The Kier molecular flexibility index (Phi) is 1.63. The number of hydrogen-bond donors (Lipinski definition) is 2. The van der Waals surface area contributed by atoms with Crippen LogP contribution in [0.4, 0.5) is 0 Å². The highest BCUT2D eigenvalue weighted by Gasteiger charge is 2.13. The number of hydrogen-bond acceptors (Lipinski definition) is 2. The molecule has 2 aromatic heterocycles. The molecule has 3 rings (SSSR count). The Morgan fingerprint density at radius 3 is 2.88 bits per heavy atom. The predicted molar refractivity (Wildman–Crippen MR) is 59.8 cm³/mol. The number of aromatic nitrogens is 1. The van der Waals surface area contributed by atoms with E-state index in [0.29, 0.717) is 5.71 Å². The molecule has 0 bridgehead atoms. The SMILES string of the molecule is Cc1ccc2c(c1)oc1[nH]c(C(=O)O)cc12. The zero-order chi connectivity index (χ0) is 11.3. The Hall–Kier alpha value is -2.23. The summed E-state index contributed by atoms with van der Waals surface area (Å²) < 4.78 is 5.55. The van der Waals surface area contributed by atoms with Crippen molar-refractivity contribution in [2.24, 2.45) is 0 Å². The summed E-state index contributed by atoms with van der Waals surface area (Å²) in [5.41, 5.74) is 2.55. The highest BCUT2D eigenvalue weighted by Crippen LogP contribution is 2.29. The number of H-pyrrole nitrogens is 1. The number of benzene rings is 1. The summed E-state index contributed by atoms with van der Waals surface area (Å²) in [7, 11) is 0. The van der Waals surface area contributed by atoms with Gasteiger partial charge in [-0.15, -0.1) is 0 Å². The Morgan fingerprint density at radius 1 is 1.31 bits per heavy atom. The molecule has 0 aliphatic heterocycles. The van der Waals surface area contributed by atoms with E-state index in [1.165, 1.54) is 0 Å². The number of carboxylic acid groups (broad SMARTS) is 1. The summed E-state index contributed by atoms with van der Waals surface area (Å²) in [6, 6.07) is 7.45. The van der Waals surface area contributed by atoms with E-state index < -0.39 is 5.97 Å². The van der Waals surface area contributed by atoms with Gasteiger partial charge in [-0.3, -0.25) is 0 Å². The van der Waals surface area contributed by atoms with Crippen molar-refractivity contribution >= 4 is 28.0 Å². The number of furan rings is 1. The van der Waals surface area contributed by atoms with E-state index in [2.05, 4.69) is 4.98 Å². The first-order chi connectivity index (χ1) is 7.65. The third-order valence-corrected chi connectivity index (χ3v) is 2.65. The van der Waals surface area contributed by atoms with Crippen LogP contribution in [0, 0.1) is 6.92 Å². The molecule has 0 saturated heterocycles. The molecule has 0 radical (unpaired) electrons. The molecule has 0 spiro atoms. The molecular weight excluding hydrogens is 206 g/mol. The highest BCUT2D eigenvalue weighted by molar-refractivity contribution is 6.07. The van der Waals surface area contributed by atoms with Gasteiger partial charge >= 0.3 is 5.97 Å². The van der Waals surface area contributed by atoms with Crippen LogP contribution < -0.4 is 0 Å². The first kappa shape index (κ1) is 9.03.